The molecule has 0 amide bonds. The summed E-state index contributed by atoms with van der Waals surface area (Å²) in [5.74, 6) is 0. The zero-order valence-corrected chi connectivity index (χ0v) is 9.98. The van der Waals surface area contributed by atoms with Crippen LogP contribution in [0.5, 0.6) is 0 Å². The predicted octanol–water partition coefficient (Wildman–Crippen LogP) is 0.0213. The number of ether oxygens (including phenoxy) is 1. The first-order chi connectivity index (χ1) is 7.30. The van der Waals surface area contributed by atoms with E-state index in [9.17, 15) is 0 Å². The van der Waals surface area contributed by atoms with Crippen molar-refractivity contribution in [3.05, 3.63) is 0 Å². The maximum Gasteiger partial charge on any atom is 0.0829 e. The van der Waals surface area contributed by atoms with Gasteiger partial charge in [0.05, 0.1) is 19.3 Å². The number of aliphatic hydroxyl groups is 1. The Hall–Kier alpha value is -0.160. The van der Waals surface area contributed by atoms with E-state index in [2.05, 4.69) is 23.6 Å². The lowest BCUT2D eigenvalue weighted by atomic mass is 10.2. The quantitative estimate of drug-likeness (QED) is 0.679. The lowest BCUT2D eigenvalue weighted by Crippen LogP contribution is -2.47. The second-order valence-corrected chi connectivity index (χ2v) is 4.00. The third-order valence-electron chi connectivity index (χ3n) is 3.00. The molecule has 1 heterocycles. The van der Waals surface area contributed by atoms with E-state index >= 15 is 0 Å². The van der Waals surface area contributed by atoms with Gasteiger partial charge in [0.25, 0.3) is 0 Å². The van der Waals surface area contributed by atoms with Crippen LogP contribution in [0.25, 0.3) is 0 Å². The van der Waals surface area contributed by atoms with Crippen LogP contribution >= 0.6 is 0 Å². The highest BCUT2D eigenvalue weighted by atomic mass is 16.5. The van der Waals surface area contributed by atoms with Crippen molar-refractivity contribution in [3.63, 3.8) is 0 Å². The molecule has 1 fully saturated rings. The first kappa shape index (κ1) is 12.9. The Labute approximate surface area is 92.8 Å². The number of likely N-dealkylation sites (N-methyl/N-ethyl adjacent to an activating group) is 2. The van der Waals surface area contributed by atoms with Crippen molar-refractivity contribution in [3.8, 4) is 0 Å². The molecule has 0 bridgehead atoms. The van der Waals surface area contributed by atoms with Crippen LogP contribution in [0.3, 0.4) is 0 Å². The molecule has 0 aliphatic carbocycles. The van der Waals surface area contributed by atoms with Gasteiger partial charge in [0, 0.05) is 26.2 Å². The fourth-order valence-electron chi connectivity index (χ4n) is 1.99. The van der Waals surface area contributed by atoms with Crippen LogP contribution in [0, 0.1) is 0 Å². The maximum atomic E-state index is 8.90. The van der Waals surface area contributed by atoms with E-state index in [0.29, 0.717) is 6.10 Å². The summed E-state index contributed by atoms with van der Waals surface area (Å²) in [5.41, 5.74) is 0. The SMILES string of the molecule is CCN(CCO)CC1CN(CC)CCO1. The normalized spacial score (nSPS) is 23.6. The summed E-state index contributed by atoms with van der Waals surface area (Å²) in [6.45, 7) is 11.2. The van der Waals surface area contributed by atoms with E-state index in [1.807, 2.05) is 0 Å². The Morgan fingerprint density at radius 2 is 2.27 bits per heavy atom. The molecule has 0 radical (unpaired) electrons. The van der Waals surface area contributed by atoms with Crippen LogP contribution < -0.4 is 0 Å². The zero-order chi connectivity index (χ0) is 11.1. The number of nitrogens with zero attached hydrogens (tertiary/aromatic N) is 2. The smallest absolute Gasteiger partial charge is 0.0829 e. The summed E-state index contributed by atoms with van der Waals surface area (Å²) >= 11 is 0. The molecule has 1 saturated heterocycles. The van der Waals surface area contributed by atoms with Crippen molar-refractivity contribution in [1.82, 2.24) is 9.80 Å². The Kier molecular flexibility index (Phi) is 6.17. The molecule has 1 aliphatic rings. The van der Waals surface area contributed by atoms with Crippen LogP contribution in [0.1, 0.15) is 13.8 Å². The third kappa shape index (κ3) is 4.47. The number of hydrogen-bond acceptors (Lipinski definition) is 4. The van der Waals surface area contributed by atoms with E-state index in [-0.39, 0.29) is 6.61 Å². The summed E-state index contributed by atoms with van der Waals surface area (Å²) in [5, 5.41) is 8.90. The number of morpholine rings is 1. The standard InChI is InChI=1S/C11H24N2O2/c1-3-12(5-7-14)9-11-10-13(4-2)6-8-15-11/h11,14H,3-10H2,1-2H3. The molecule has 1 atom stereocenters. The van der Waals surface area contributed by atoms with Gasteiger partial charge in [-0.05, 0) is 13.1 Å². The third-order valence-corrected chi connectivity index (χ3v) is 3.00. The summed E-state index contributed by atoms with van der Waals surface area (Å²) in [4.78, 5) is 4.66. The highest BCUT2D eigenvalue weighted by Gasteiger charge is 2.20. The number of aliphatic hydroxyl groups excluding tert-OH is 1. The van der Waals surface area contributed by atoms with Gasteiger partial charge in [-0.25, -0.2) is 0 Å². The summed E-state index contributed by atoms with van der Waals surface area (Å²) in [6.07, 6.45) is 0.310. The topological polar surface area (TPSA) is 35.9 Å². The van der Waals surface area contributed by atoms with Crippen molar-refractivity contribution in [2.45, 2.75) is 20.0 Å². The number of rotatable bonds is 6. The van der Waals surface area contributed by atoms with Crippen molar-refractivity contribution in [2.75, 3.05) is 52.5 Å². The molecule has 1 N–H and O–H groups in total. The van der Waals surface area contributed by atoms with Crippen LogP contribution in [-0.2, 0) is 4.74 Å². The van der Waals surface area contributed by atoms with E-state index < -0.39 is 0 Å². The monoisotopic (exact) mass is 216 g/mol. The van der Waals surface area contributed by atoms with Gasteiger partial charge < -0.3 is 9.84 Å². The van der Waals surface area contributed by atoms with Crippen molar-refractivity contribution < 1.29 is 9.84 Å². The summed E-state index contributed by atoms with van der Waals surface area (Å²) in [6, 6.07) is 0. The van der Waals surface area contributed by atoms with Gasteiger partial charge >= 0.3 is 0 Å². The van der Waals surface area contributed by atoms with Crippen LogP contribution in [0.4, 0.5) is 0 Å². The lowest BCUT2D eigenvalue weighted by Gasteiger charge is -2.34. The molecule has 90 valence electrons. The Morgan fingerprint density at radius 3 is 2.87 bits per heavy atom. The van der Waals surface area contributed by atoms with E-state index in [1.54, 1.807) is 0 Å². The van der Waals surface area contributed by atoms with Gasteiger partial charge in [-0.2, -0.15) is 0 Å². The average molecular weight is 216 g/mol. The van der Waals surface area contributed by atoms with Crippen molar-refractivity contribution >= 4 is 0 Å². The minimum atomic E-state index is 0.234. The predicted molar refractivity (Wildman–Crippen MR) is 61.1 cm³/mol. The molecule has 15 heavy (non-hydrogen) atoms. The molecular formula is C11H24N2O2. The van der Waals surface area contributed by atoms with E-state index in [1.165, 1.54) is 0 Å². The Bertz CT molecular complexity index is 167. The van der Waals surface area contributed by atoms with Crippen molar-refractivity contribution in [2.24, 2.45) is 0 Å². The van der Waals surface area contributed by atoms with E-state index in [0.717, 1.165) is 45.9 Å². The Morgan fingerprint density at radius 1 is 1.47 bits per heavy atom. The molecule has 1 aliphatic heterocycles. The van der Waals surface area contributed by atoms with E-state index in [4.69, 9.17) is 9.84 Å². The molecule has 1 unspecified atom stereocenters. The fraction of sp³-hybridized carbons (Fsp3) is 1.00. The maximum absolute atomic E-state index is 8.90. The molecule has 0 aromatic rings. The largest absolute Gasteiger partial charge is 0.395 e. The highest BCUT2D eigenvalue weighted by Crippen LogP contribution is 2.06. The first-order valence-electron chi connectivity index (χ1n) is 5.97. The van der Waals surface area contributed by atoms with Gasteiger partial charge in [-0.15, -0.1) is 0 Å². The van der Waals surface area contributed by atoms with Gasteiger partial charge in [0.15, 0.2) is 0 Å². The van der Waals surface area contributed by atoms with Crippen LogP contribution in [-0.4, -0.2) is 73.5 Å². The van der Waals surface area contributed by atoms with Gasteiger partial charge in [0.2, 0.25) is 0 Å². The second-order valence-electron chi connectivity index (χ2n) is 4.00. The minimum absolute atomic E-state index is 0.234. The lowest BCUT2D eigenvalue weighted by molar-refractivity contribution is -0.0424. The van der Waals surface area contributed by atoms with Gasteiger partial charge in [0.1, 0.15) is 0 Å². The molecular weight excluding hydrogens is 192 g/mol. The Balaban J connectivity index is 2.29. The average Bonchev–Trinajstić information content (AvgIpc) is 2.29. The molecule has 0 spiro atoms. The van der Waals surface area contributed by atoms with Gasteiger partial charge in [-0.1, -0.05) is 13.8 Å². The van der Waals surface area contributed by atoms with Gasteiger partial charge in [-0.3, -0.25) is 9.80 Å². The molecule has 0 aromatic heterocycles. The molecule has 4 nitrogen and oxygen atoms in total. The molecule has 0 saturated carbocycles. The fourth-order valence-corrected chi connectivity index (χ4v) is 1.99. The first-order valence-corrected chi connectivity index (χ1v) is 5.97. The van der Waals surface area contributed by atoms with Crippen molar-refractivity contribution in [1.29, 1.82) is 0 Å². The molecule has 1 rings (SSSR count). The molecule has 4 heteroatoms. The number of hydrogen-bond donors (Lipinski definition) is 1. The zero-order valence-electron chi connectivity index (χ0n) is 9.98. The minimum Gasteiger partial charge on any atom is -0.395 e. The summed E-state index contributed by atoms with van der Waals surface area (Å²) in [7, 11) is 0. The second kappa shape index (κ2) is 7.17. The summed E-state index contributed by atoms with van der Waals surface area (Å²) < 4.78 is 5.72. The molecule has 0 aromatic carbocycles. The van der Waals surface area contributed by atoms with Crippen LogP contribution in [0.15, 0.2) is 0 Å². The van der Waals surface area contributed by atoms with Crippen LogP contribution in [0.2, 0.25) is 0 Å². The highest BCUT2D eigenvalue weighted by molar-refractivity contribution is 4.73.